The fraction of sp³-hybridized carbons (Fsp3) is 0.727. The van der Waals surface area contributed by atoms with Crippen molar-refractivity contribution in [2.45, 2.75) is 39.7 Å². The number of aliphatic hydroxyl groups is 1. The molecule has 0 aromatic heterocycles. The van der Waals surface area contributed by atoms with Crippen LogP contribution in [0.25, 0.3) is 0 Å². The van der Waals surface area contributed by atoms with E-state index in [2.05, 4.69) is 0 Å². The number of nitrogens with zero attached hydrogens (tertiary/aromatic N) is 1. The van der Waals surface area contributed by atoms with Crippen LogP contribution in [0.2, 0.25) is 0 Å². The molecule has 0 aliphatic rings. The molecule has 0 aliphatic heterocycles. The van der Waals surface area contributed by atoms with Crippen LogP contribution < -0.4 is 0 Å². The molecule has 0 aromatic rings. The van der Waals surface area contributed by atoms with Crippen LogP contribution in [0.4, 0.5) is 0 Å². The Labute approximate surface area is 86.4 Å². The molecule has 0 radical (unpaired) electrons. The smallest absolute Gasteiger partial charge is 0.219 e. The summed E-state index contributed by atoms with van der Waals surface area (Å²) in [5, 5.41) is 8.76. The van der Waals surface area contributed by atoms with E-state index in [1.165, 1.54) is 0 Å². The number of hydrogen-bond acceptors (Lipinski definition) is 2. The van der Waals surface area contributed by atoms with Gasteiger partial charge in [0.05, 0.1) is 6.61 Å². The third-order valence-corrected chi connectivity index (χ3v) is 2.48. The summed E-state index contributed by atoms with van der Waals surface area (Å²) in [6, 6.07) is 0.259. The van der Waals surface area contributed by atoms with Gasteiger partial charge in [-0.1, -0.05) is 11.6 Å². The molecule has 0 rings (SSSR count). The van der Waals surface area contributed by atoms with Gasteiger partial charge in [0.1, 0.15) is 0 Å². The Morgan fingerprint density at radius 1 is 1.50 bits per heavy atom. The van der Waals surface area contributed by atoms with Gasteiger partial charge in [-0.3, -0.25) is 4.79 Å². The highest BCUT2D eigenvalue weighted by atomic mass is 16.3. The molecule has 0 bridgehead atoms. The topological polar surface area (TPSA) is 40.5 Å². The Morgan fingerprint density at radius 3 is 2.50 bits per heavy atom. The Balaban J connectivity index is 3.85. The minimum Gasteiger partial charge on any atom is -0.392 e. The maximum absolute atomic E-state index is 11.0. The molecule has 1 amide bonds. The van der Waals surface area contributed by atoms with Crippen LogP contribution in [0.3, 0.4) is 0 Å². The van der Waals surface area contributed by atoms with E-state index in [1.54, 1.807) is 11.8 Å². The van der Waals surface area contributed by atoms with Crippen molar-refractivity contribution in [1.82, 2.24) is 4.90 Å². The van der Waals surface area contributed by atoms with Crippen molar-refractivity contribution in [3.8, 4) is 0 Å². The second-order valence-corrected chi connectivity index (χ2v) is 3.76. The SMILES string of the molecule is CC(=O)N(C)C(C)CCC=C(C)CO. The highest BCUT2D eigenvalue weighted by Gasteiger charge is 2.09. The predicted molar refractivity (Wildman–Crippen MR) is 58.0 cm³/mol. The van der Waals surface area contributed by atoms with E-state index >= 15 is 0 Å². The van der Waals surface area contributed by atoms with E-state index in [9.17, 15) is 4.79 Å². The molecule has 82 valence electrons. The summed E-state index contributed by atoms with van der Waals surface area (Å²) in [6.07, 6.45) is 3.86. The van der Waals surface area contributed by atoms with Gasteiger partial charge in [-0.2, -0.15) is 0 Å². The van der Waals surface area contributed by atoms with Crippen molar-refractivity contribution < 1.29 is 9.90 Å². The number of aliphatic hydroxyl groups excluding tert-OH is 1. The number of hydrogen-bond donors (Lipinski definition) is 1. The Kier molecular flexibility index (Phi) is 6.21. The zero-order chi connectivity index (χ0) is 11.1. The number of carbonyl (C=O) groups is 1. The molecule has 14 heavy (non-hydrogen) atoms. The van der Waals surface area contributed by atoms with Crippen molar-refractivity contribution in [3.63, 3.8) is 0 Å². The minimum absolute atomic E-state index is 0.0976. The fourth-order valence-corrected chi connectivity index (χ4v) is 1.14. The summed E-state index contributed by atoms with van der Waals surface area (Å²) in [7, 11) is 1.82. The Bertz CT molecular complexity index is 211. The number of allylic oxidation sites excluding steroid dienone is 1. The van der Waals surface area contributed by atoms with Crippen LogP contribution in [0.15, 0.2) is 11.6 Å². The fourth-order valence-electron chi connectivity index (χ4n) is 1.14. The van der Waals surface area contributed by atoms with Crippen molar-refractivity contribution in [2.24, 2.45) is 0 Å². The highest BCUT2D eigenvalue weighted by Crippen LogP contribution is 2.06. The largest absolute Gasteiger partial charge is 0.392 e. The van der Waals surface area contributed by atoms with Gasteiger partial charge in [-0.05, 0) is 26.7 Å². The van der Waals surface area contributed by atoms with Gasteiger partial charge >= 0.3 is 0 Å². The van der Waals surface area contributed by atoms with Gasteiger partial charge < -0.3 is 10.0 Å². The van der Waals surface area contributed by atoms with E-state index in [0.29, 0.717) is 0 Å². The lowest BCUT2D eigenvalue weighted by molar-refractivity contribution is -0.129. The van der Waals surface area contributed by atoms with Crippen LogP contribution in [0.1, 0.15) is 33.6 Å². The summed E-state index contributed by atoms with van der Waals surface area (Å²) < 4.78 is 0. The number of amides is 1. The Morgan fingerprint density at radius 2 is 2.07 bits per heavy atom. The zero-order valence-corrected chi connectivity index (χ0v) is 9.58. The molecule has 0 saturated heterocycles. The summed E-state index contributed by atoms with van der Waals surface area (Å²) in [5.41, 5.74) is 0.989. The molecule has 3 heteroatoms. The van der Waals surface area contributed by atoms with E-state index in [1.807, 2.05) is 27.0 Å². The molecular formula is C11H21NO2. The molecule has 0 heterocycles. The normalized spacial score (nSPS) is 13.9. The summed E-state index contributed by atoms with van der Waals surface area (Å²) in [5.74, 6) is 0.0976. The van der Waals surface area contributed by atoms with Crippen molar-refractivity contribution in [1.29, 1.82) is 0 Å². The van der Waals surface area contributed by atoms with Gasteiger partial charge in [-0.25, -0.2) is 0 Å². The first-order valence-electron chi connectivity index (χ1n) is 4.99. The first kappa shape index (κ1) is 13.2. The number of carbonyl (C=O) groups excluding carboxylic acids is 1. The molecule has 1 unspecified atom stereocenters. The number of rotatable bonds is 5. The van der Waals surface area contributed by atoms with Crippen LogP contribution in [0, 0.1) is 0 Å². The molecule has 0 fully saturated rings. The lowest BCUT2D eigenvalue weighted by Crippen LogP contribution is -2.32. The first-order valence-corrected chi connectivity index (χ1v) is 4.99. The van der Waals surface area contributed by atoms with Crippen molar-refractivity contribution >= 4 is 5.91 Å². The summed E-state index contributed by atoms with van der Waals surface area (Å²) in [4.78, 5) is 12.7. The van der Waals surface area contributed by atoms with Crippen molar-refractivity contribution in [3.05, 3.63) is 11.6 Å². The third-order valence-electron chi connectivity index (χ3n) is 2.48. The molecule has 1 atom stereocenters. The summed E-state index contributed by atoms with van der Waals surface area (Å²) >= 11 is 0. The van der Waals surface area contributed by atoms with Gasteiger partial charge in [0, 0.05) is 20.0 Å². The van der Waals surface area contributed by atoms with E-state index in [4.69, 9.17) is 5.11 Å². The lowest BCUT2D eigenvalue weighted by Gasteiger charge is -2.22. The summed E-state index contributed by atoms with van der Waals surface area (Å²) in [6.45, 7) is 5.63. The molecule has 3 nitrogen and oxygen atoms in total. The lowest BCUT2D eigenvalue weighted by atomic mass is 10.1. The van der Waals surface area contributed by atoms with Gasteiger partial charge in [0.25, 0.3) is 0 Å². The molecule has 1 N–H and O–H groups in total. The van der Waals surface area contributed by atoms with E-state index < -0.39 is 0 Å². The second kappa shape index (κ2) is 6.60. The maximum atomic E-state index is 11.0. The molecule has 0 aromatic carbocycles. The molecule has 0 spiro atoms. The van der Waals surface area contributed by atoms with Gasteiger partial charge in [0.15, 0.2) is 0 Å². The first-order chi connectivity index (χ1) is 6.49. The minimum atomic E-state index is 0.0976. The van der Waals surface area contributed by atoms with Crippen LogP contribution in [-0.2, 0) is 4.79 Å². The average Bonchev–Trinajstić information content (AvgIpc) is 2.15. The van der Waals surface area contributed by atoms with Crippen LogP contribution in [-0.4, -0.2) is 35.6 Å². The van der Waals surface area contributed by atoms with E-state index in [0.717, 1.165) is 18.4 Å². The standard InChI is InChI=1S/C11H21NO2/c1-9(8-13)6-5-7-10(2)12(4)11(3)14/h6,10,13H,5,7-8H2,1-4H3. The quantitative estimate of drug-likeness (QED) is 0.683. The average molecular weight is 199 g/mol. The molecule has 0 aliphatic carbocycles. The third kappa shape index (κ3) is 5.02. The highest BCUT2D eigenvalue weighted by molar-refractivity contribution is 5.73. The van der Waals surface area contributed by atoms with Crippen molar-refractivity contribution in [2.75, 3.05) is 13.7 Å². The van der Waals surface area contributed by atoms with Gasteiger partial charge in [-0.15, -0.1) is 0 Å². The Hall–Kier alpha value is -0.830. The van der Waals surface area contributed by atoms with Gasteiger partial charge in [0.2, 0.25) is 5.91 Å². The maximum Gasteiger partial charge on any atom is 0.219 e. The monoisotopic (exact) mass is 199 g/mol. The zero-order valence-electron chi connectivity index (χ0n) is 9.58. The predicted octanol–water partition coefficient (Wildman–Crippen LogP) is 1.57. The molecular weight excluding hydrogens is 178 g/mol. The van der Waals surface area contributed by atoms with E-state index in [-0.39, 0.29) is 18.6 Å². The molecule has 0 saturated carbocycles. The van der Waals surface area contributed by atoms with Crippen LogP contribution >= 0.6 is 0 Å². The van der Waals surface area contributed by atoms with Crippen LogP contribution in [0.5, 0.6) is 0 Å². The second-order valence-electron chi connectivity index (χ2n) is 3.76.